The third-order valence-corrected chi connectivity index (χ3v) is 22.8. The molecule has 0 aliphatic rings. The van der Waals surface area contributed by atoms with Crippen molar-refractivity contribution >= 4 is 55.5 Å². The third-order valence-electron chi connectivity index (χ3n) is 8.10. The van der Waals surface area contributed by atoms with Crippen LogP contribution < -0.4 is 42.8 Å². The predicted molar refractivity (Wildman–Crippen MR) is 200 cm³/mol. The zero-order valence-corrected chi connectivity index (χ0v) is 29.4. The van der Waals surface area contributed by atoms with Crippen molar-refractivity contribution in [1.29, 1.82) is 0 Å². The molecule has 0 heterocycles. The van der Waals surface area contributed by atoms with E-state index in [9.17, 15) is 0 Å². The summed E-state index contributed by atoms with van der Waals surface area (Å²) in [4.78, 5) is 14.5. The molecule has 6 rings (SSSR count). The van der Waals surface area contributed by atoms with Gasteiger partial charge in [0.2, 0.25) is 8.07 Å². The number of hydrogen-bond acceptors (Lipinski definition) is 2. The zero-order chi connectivity index (χ0) is 31.7. The first-order valence-corrected chi connectivity index (χ1v) is 20.6. The van der Waals surface area contributed by atoms with Crippen LogP contribution in [-0.4, -0.2) is 19.6 Å². The summed E-state index contributed by atoms with van der Waals surface area (Å²) < 4.78 is 0. The summed E-state index contributed by atoms with van der Waals surface area (Å²) in [7, 11) is -4.47. The SMILES string of the molecule is [Fe].[N]=O.[N]=O.c1ccc([PH+](C[Si](C[PH+](c2ccccc2)c2ccccc2)(c2ccccc2)c2ccccc2)c2ccccc2)cc1. The van der Waals surface area contributed by atoms with E-state index in [2.05, 4.69) is 182 Å². The van der Waals surface area contributed by atoms with Crippen molar-refractivity contribution in [2.75, 3.05) is 11.6 Å². The number of rotatable bonds is 10. The van der Waals surface area contributed by atoms with Crippen LogP contribution in [0.25, 0.3) is 0 Å². The summed E-state index contributed by atoms with van der Waals surface area (Å²) in [6, 6.07) is 68.5. The van der Waals surface area contributed by atoms with Crippen molar-refractivity contribution in [3.05, 3.63) is 192 Å². The van der Waals surface area contributed by atoms with Gasteiger partial charge in [0.25, 0.3) is 0 Å². The molecule has 0 aliphatic carbocycles. The Hall–Kier alpha value is -3.88. The van der Waals surface area contributed by atoms with E-state index in [0.717, 1.165) is 0 Å². The van der Waals surface area contributed by atoms with E-state index in [1.54, 1.807) is 10.4 Å². The van der Waals surface area contributed by atoms with Crippen molar-refractivity contribution in [3.63, 3.8) is 0 Å². The molecule has 0 aliphatic heterocycles. The topological polar surface area (TPSA) is 78.7 Å². The second kappa shape index (κ2) is 19.6. The van der Waals surface area contributed by atoms with E-state index in [0.29, 0.717) is 0 Å². The van der Waals surface area contributed by atoms with Gasteiger partial charge < -0.3 is 0 Å². The van der Waals surface area contributed by atoms with Crippen LogP contribution in [0.3, 0.4) is 0 Å². The molecule has 0 saturated heterocycles. The summed E-state index contributed by atoms with van der Waals surface area (Å²) in [6.45, 7) is 0. The minimum Gasteiger partial charge on any atom is -0.120 e. The van der Waals surface area contributed by atoms with Crippen molar-refractivity contribution in [2.45, 2.75) is 0 Å². The number of hydrogen-bond donors (Lipinski definition) is 0. The van der Waals surface area contributed by atoms with Gasteiger partial charge in [-0.3, -0.25) is 0 Å². The van der Waals surface area contributed by atoms with Crippen LogP contribution in [0.2, 0.25) is 0 Å². The van der Waals surface area contributed by atoms with Crippen LogP contribution in [0.4, 0.5) is 0 Å². The molecule has 6 aromatic rings. The molecular weight excluding hydrogens is 662 g/mol. The maximum Gasteiger partial charge on any atom is 0.201 e. The van der Waals surface area contributed by atoms with E-state index < -0.39 is 23.9 Å². The predicted octanol–water partition coefficient (Wildman–Crippen LogP) is 5.16. The minimum absolute atomic E-state index is 0. The Morgan fingerprint density at radius 2 is 0.543 bits per heavy atom. The molecule has 8 heteroatoms. The smallest absolute Gasteiger partial charge is 0.120 e. The van der Waals surface area contributed by atoms with Gasteiger partial charge in [-0.2, -0.15) is 0 Å². The van der Waals surface area contributed by atoms with Crippen molar-refractivity contribution in [2.24, 2.45) is 0 Å². The van der Waals surface area contributed by atoms with Gasteiger partial charge in [0.15, 0.2) is 0 Å². The van der Waals surface area contributed by atoms with Gasteiger partial charge in [-0.1, -0.05) is 133 Å². The second-order valence-electron chi connectivity index (χ2n) is 10.6. The fraction of sp³-hybridized carbons (Fsp3) is 0.0526. The molecule has 0 spiro atoms. The number of benzene rings is 6. The Kier molecular flexibility index (Phi) is 15.6. The average Bonchev–Trinajstić information content (AvgIpc) is 3.16. The van der Waals surface area contributed by atoms with E-state index in [1.165, 1.54) is 32.8 Å². The van der Waals surface area contributed by atoms with Crippen LogP contribution in [0, 0.1) is 9.81 Å². The molecule has 0 aromatic heterocycles. The summed E-state index contributed by atoms with van der Waals surface area (Å²) in [5.41, 5.74) is 11.5. The fourth-order valence-electron chi connectivity index (χ4n) is 6.05. The van der Waals surface area contributed by atoms with Gasteiger partial charge in [-0.05, 0) is 58.9 Å². The van der Waals surface area contributed by atoms with E-state index in [-0.39, 0.29) is 17.1 Å². The van der Waals surface area contributed by atoms with E-state index >= 15 is 0 Å². The Bertz CT molecular complexity index is 1470. The van der Waals surface area contributed by atoms with Crippen molar-refractivity contribution < 1.29 is 17.1 Å². The first kappa shape index (κ1) is 36.6. The summed E-state index contributed by atoms with van der Waals surface area (Å²) in [5.74, 6) is 2.43. The van der Waals surface area contributed by atoms with Gasteiger partial charge in [-0.25, -0.2) is 0 Å². The Morgan fingerprint density at radius 1 is 0.348 bits per heavy atom. The normalized spacial score (nSPS) is 10.5. The minimum atomic E-state index is -2.31. The number of nitrogens with zero attached hydrogens (tertiary/aromatic N) is 2. The maximum atomic E-state index is 7.25. The average molecular weight is 699 g/mol. The molecular formula is C38H36FeN2O2P2Si+2. The molecule has 2 radical (unpaired) electrons. The molecule has 0 unspecified atom stereocenters. The van der Waals surface area contributed by atoms with Crippen LogP contribution in [-0.2, 0) is 17.1 Å². The molecule has 230 valence electrons. The number of nitroso groups, excluding NO2 is 2. The molecule has 0 saturated carbocycles. The standard InChI is InChI=1S/C38H34P2Si.Fe.2NO/c1-7-19-33(20-8-1)39(34-21-9-2-10-22-34)31-41(37-27-15-5-16-28-37,38-29-17-6-18-30-38)32-40(35-23-11-3-12-24-35)36-25-13-4-14-26-36;;2*1-2/h1-30H,31-32H2;;;/p+2. The van der Waals surface area contributed by atoms with Gasteiger partial charge in [0.05, 0.1) is 48.6 Å². The van der Waals surface area contributed by atoms with Crippen LogP contribution >= 0.6 is 15.8 Å². The van der Waals surface area contributed by atoms with E-state index in [1.807, 2.05) is 0 Å². The Labute approximate surface area is 285 Å². The van der Waals surface area contributed by atoms with Gasteiger partial charge in [-0.15, -0.1) is 9.81 Å². The first-order chi connectivity index (χ1) is 22.3. The molecule has 6 aromatic carbocycles. The van der Waals surface area contributed by atoms with Crippen LogP contribution in [0.1, 0.15) is 0 Å². The monoisotopic (exact) mass is 698 g/mol. The second-order valence-corrected chi connectivity index (χ2v) is 21.0. The molecule has 0 bridgehead atoms. The van der Waals surface area contributed by atoms with Crippen LogP contribution in [0.15, 0.2) is 182 Å². The summed E-state index contributed by atoms with van der Waals surface area (Å²) in [5, 5.41) is 9.10. The molecule has 0 amide bonds. The zero-order valence-electron chi connectivity index (χ0n) is 25.3. The maximum absolute atomic E-state index is 7.25. The molecule has 46 heavy (non-hydrogen) atoms. The Morgan fingerprint density at radius 3 is 0.761 bits per heavy atom. The van der Waals surface area contributed by atoms with Crippen molar-refractivity contribution in [1.82, 2.24) is 11.2 Å². The largest absolute Gasteiger partial charge is 0.201 e. The quantitative estimate of drug-likeness (QED) is 0.147. The molecule has 0 fully saturated rings. The first-order valence-electron chi connectivity index (χ1n) is 14.7. The van der Waals surface area contributed by atoms with Gasteiger partial charge in [0.1, 0.15) is 11.2 Å². The molecule has 0 atom stereocenters. The molecule has 4 nitrogen and oxygen atoms in total. The van der Waals surface area contributed by atoms with Crippen molar-refractivity contribution in [3.8, 4) is 0 Å². The fourth-order valence-corrected chi connectivity index (χ4v) is 24.1. The van der Waals surface area contributed by atoms with E-state index in [4.69, 9.17) is 21.0 Å². The summed E-state index contributed by atoms with van der Waals surface area (Å²) >= 11 is 0. The molecule has 0 N–H and O–H groups in total. The van der Waals surface area contributed by atoms with Gasteiger partial charge in [0, 0.05) is 17.1 Å². The Balaban J connectivity index is 0.00000111. The van der Waals surface area contributed by atoms with Crippen LogP contribution in [0.5, 0.6) is 0 Å². The third kappa shape index (κ3) is 9.10. The van der Waals surface area contributed by atoms with Gasteiger partial charge >= 0.3 is 0 Å². The summed E-state index contributed by atoms with van der Waals surface area (Å²) in [6.07, 6.45) is 0.